The van der Waals surface area contributed by atoms with Crippen molar-refractivity contribution < 1.29 is 9.21 Å². The smallest absolute Gasteiger partial charge is 0.254 e. The first-order chi connectivity index (χ1) is 9.29. The van der Waals surface area contributed by atoms with Gasteiger partial charge in [-0.05, 0) is 23.3 Å². The monoisotopic (exact) mass is 251 g/mol. The van der Waals surface area contributed by atoms with Gasteiger partial charge in [0, 0.05) is 12.4 Å². The molecule has 0 aliphatic carbocycles. The fourth-order valence-electron chi connectivity index (χ4n) is 2.15. The van der Waals surface area contributed by atoms with Crippen molar-refractivity contribution >= 4 is 16.9 Å². The molecule has 0 atom stereocenters. The third-order valence-corrected chi connectivity index (χ3v) is 3.15. The van der Waals surface area contributed by atoms with Gasteiger partial charge in [-0.2, -0.15) is 0 Å². The van der Waals surface area contributed by atoms with Crippen LogP contribution in [0.3, 0.4) is 0 Å². The van der Waals surface area contributed by atoms with E-state index in [0.717, 1.165) is 22.1 Å². The van der Waals surface area contributed by atoms with Crippen molar-refractivity contribution in [2.45, 2.75) is 0 Å². The van der Waals surface area contributed by atoms with Gasteiger partial charge in [-0.25, -0.2) is 0 Å². The minimum atomic E-state index is -0.135. The van der Waals surface area contributed by atoms with E-state index in [-0.39, 0.29) is 5.91 Å². The number of nitrogens with one attached hydrogen (secondary N) is 1. The molecule has 0 saturated carbocycles. The van der Waals surface area contributed by atoms with Gasteiger partial charge in [-0.15, -0.1) is 0 Å². The van der Waals surface area contributed by atoms with E-state index in [2.05, 4.69) is 5.32 Å². The zero-order valence-electron chi connectivity index (χ0n) is 10.5. The molecule has 1 heterocycles. The second-order valence-electron chi connectivity index (χ2n) is 4.31. The third-order valence-electron chi connectivity index (χ3n) is 3.15. The van der Waals surface area contributed by atoms with Crippen LogP contribution in [0.1, 0.15) is 10.4 Å². The van der Waals surface area contributed by atoms with Gasteiger partial charge in [0.05, 0.1) is 5.56 Å². The highest BCUT2D eigenvalue weighted by Crippen LogP contribution is 2.27. The Morgan fingerprint density at radius 1 is 1.05 bits per heavy atom. The van der Waals surface area contributed by atoms with Gasteiger partial charge in [0.1, 0.15) is 11.8 Å². The highest BCUT2D eigenvalue weighted by atomic mass is 16.3. The highest BCUT2D eigenvalue weighted by Gasteiger charge is 2.12. The Morgan fingerprint density at radius 2 is 1.84 bits per heavy atom. The number of carbonyl (C=O) groups is 1. The summed E-state index contributed by atoms with van der Waals surface area (Å²) in [5.41, 5.74) is 3.47. The maximum atomic E-state index is 11.8. The molecule has 94 valence electrons. The number of fused-ring (bicyclic) bond motifs is 1. The molecule has 3 aromatic rings. The molecule has 0 fully saturated rings. The quantitative estimate of drug-likeness (QED) is 0.757. The average Bonchev–Trinajstić information content (AvgIpc) is 2.90. The van der Waals surface area contributed by atoms with Crippen molar-refractivity contribution in [2.75, 3.05) is 7.05 Å². The zero-order chi connectivity index (χ0) is 13.2. The molecule has 0 aliphatic heterocycles. The number of rotatable bonds is 2. The summed E-state index contributed by atoms with van der Waals surface area (Å²) in [6.07, 6.45) is 1.50. The molecule has 1 N–H and O–H groups in total. The third kappa shape index (κ3) is 1.99. The van der Waals surface area contributed by atoms with Gasteiger partial charge in [0.25, 0.3) is 5.91 Å². The Hall–Kier alpha value is -2.55. The van der Waals surface area contributed by atoms with Crippen LogP contribution in [0.15, 0.2) is 59.2 Å². The minimum Gasteiger partial charge on any atom is -0.463 e. The number of furan rings is 1. The SMILES string of the molecule is CNC(=O)c1coc2ccc(-c3ccccc3)cc12. The van der Waals surface area contributed by atoms with E-state index in [1.165, 1.54) is 6.26 Å². The second kappa shape index (κ2) is 4.61. The predicted octanol–water partition coefficient (Wildman–Crippen LogP) is 3.46. The summed E-state index contributed by atoms with van der Waals surface area (Å²) in [5.74, 6) is -0.135. The fourth-order valence-corrected chi connectivity index (χ4v) is 2.15. The first-order valence-corrected chi connectivity index (χ1v) is 6.08. The van der Waals surface area contributed by atoms with Crippen LogP contribution in [-0.4, -0.2) is 13.0 Å². The molecule has 19 heavy (non-hydrogen) atoms. The summed E-state index contributed by atoms with van der Waals surface area (Å²) in [4.78, 5) is 11.8. The van der Waals surface area contributed by atoms with Gasteiger partial charge in [-0.1, -0.05) is 36.4 Å². The van der Waals surface area contributed by atoms with Gasteiger partial charge < -0.3 is 9.73 Å². The lowest BCUT2D eigenvalue weighted by molar-refractivity contribution is 0.0964. The van der Waals surface area contributed by atoms with Crippen molar-refractivity contribution in [2.24, 2.45) is 0 Å². The zero-order valence-corrected chi connectivity index (χ0v) is 10.5. The Labute approximate surface area is 110 Å². The summed E-state index contributed by atoms with van der Waals surface area (Å²) in [7, 11) is 1.61. The maximum Gasteiger partial charge on any atom is 0.254 e. The largest absolute Gasteiger partial charge is 0.463 e. The maximum absolute atomic E-state index is 11.8. The lowest BCUT2D eigenvalue weighted by atomic mass is 10.0. The van der Waals surface area contributed by atoms with Crippen molar-refractivity contribution in [3.63, 3.8) is 0 Å². The Kier molecular flexibility index (Phi) is 2.80. The molecule has 0 saturated heterocycles. The van der Waals surface area contributed by atoms with Crippen LogP contribution >= 0.6 is 0 Å². The Balaban J connectivity index is 2.17. The fraction of sp³-hybridized carbons (Fsp3) is 0.0625. The molecule has 0 radical (unpaired) electrons. The summed E-state index contributed by atoms with van der Waals surface area (Å²) in [5, 5.41) is 3.45. The molecule has 1 aromatic heterocycles. The molecule has 2 aromatic carbocycles. The average molecular weight is 251 g/mol. The normalized spacial score (nSPS) is 10.6. The van der Waals surface area contributed by atoms with E-state index < -0.39 is 0 Å². The van der Waals surface area contributed by atoms with Crippen LogP contribution in [0.5, 0.6) is 0 Å². The van der Waals surface area contributed by atoms with E-state index in [0.29, 0.717) is 5.56 Å². The summed E-state index contributed by atoms with van der Waals surface area (Å²) in [6, 6.07) is 15.9. The van der Waals surface area contributed by atoms with E-state index >= 15 is 0 Å². The summed E-state index contributed by atoms with van der Waals surface area (Å²) in [6.45, 7) is 0. The molecule has 3 nitrogen and oxygen atoms in total. The van der Waals surface area contributed by atoms with Crippen LogP contribution < -0.4 is 5.32 Å². The predicted molar refractivity (Wildman–Crippen MR) is 75.0 cm³/mol. The van der Waals surface area contributed by atoms with Crippen LogP contribution in [0.25, 0.3) is 22.1 Å². The van der Waals surface area contributed by atoms with E-state index in [9.17, 15) is 4.79 Å². The van der Waals surface area contributed by atoms with Crippen molar-refractivity contribution in [3.05, 3.63) is 60.4 Å². The Morgan fingerprint density at radius 3 is 2.58 bits per heavy atom. The van der Waals surface area contributed by atoms with Gasteiger partial charge in [0.15, 0.2) is 0 Å². The topological polar surface area (TPSA) is 42.2 Å². The first kappa shape index (κ1) is 11.5. The second-order valence-corrected chi connectivity index (χ2v) is 4.31. The molecule has 1 amide bonds. The van der Waals surface area contributed by atoms with Gasteiger partial charge in [-0.3, -0.25) is 4.79 Å². The van der Waals surface area contributed by atoms with Crippen LogP contribution in [0, 0.1) is 0 Å². The number of benzene rings is 2. The van der Waals surface area contributed by atoms with Crippen LogP contribution in [-0.2, 0) is 0 Å². The number of amides is 1. The molecule has 0 unspecified atom stereocenters. The molecule has 0 aliphatic rings. The van der Waals surface area contributed by atoms with Gasteiger partial charge in [0.2, 0.25) is 0 Å². The van der Waals surface area contributed by atoms with Crippen molar-refractivity contribution in [1.82, 2.24) is 5.32 Å². The van der Waals surface area contributed by atoms with E-state index in [1.807, 2.05) is 48.5 Å². The number of carbonyl (C=O) groups excluding carboxylic acids is 1. The summed E-state index contributed by atoms with van der Waals surface area (Å²) < 4.78 is 5.40. The molecule has 3 rings (SSSR count). The first-order valence-electron chi connectivity index (χ1n) is 6.08. The van der Waals surface area contributed by atoms with Crippen LogP contribution in [0.2, 0.25) is 0 Å². The number of hydrogen-bond acceptors (Lipinski definition) is 2. The van der Waals surface area contributed by atoms with Gasteiger partial charge >= 0.3 is 0 Å². The highest BCUT2D eigenvalue weighted by molar-refractivity contribution is 6.06. The standard InChI is InChI=1S/C16H13NO2/c1-17-16(18)14-10-19-15-8-7-12(9-13(14)15)11-5-3-2-4-6-11/h2-10H,1H3,(H,17,18). The lowest BCUT2D eigenvalue weighted by Crippen LogP contribution is -2.17. The molecule has 3 heteroatoms. The molecule has 0 spiro atoms. The van der Waals surface area contributed by atoms with Crippen molar-refractivity contribution in [1.29, 1.82) is 0 Å². The lowest BCUT2D eigenvalue weighted by Gasteiger charge is -2.02. The molecule has 0 bridgehead atoms. The van der Waals surface area contributed by atoms with E-state index in [1.54, 1.807) is 7.05 Å². The molecular formula is C16H13NO2. The Bertz CT molecular complexity index is 729. The number of hydrogen-bond donors (Lipinski definition) is 1. The van der Waals surface area contributed by atoms with Crippen molar-refractivity contribution in [3.8, 4) is 11.1 Å². The van der Waals surface area contributed by atoms with Crippen LogP contribution in [0.4, 0.5) is 0 Å². The minimum absolute atomic E-state index is 0.135. The summed E-state index contributed by atoms with van der Waals surface area (Å²) >= 11 is 0. The molecular weight excluding hydrogens is 238 g/mol. The van der Waals surface area contributed by atoms with E-state index in [4.69, 9.17) is 4.42 Å².